The molecule has 0 saturated heterocycles. The van der Waals surface area contributed by atoms with Crippen molar-refractivity contribution in [2.45, 2.75) is 31.6 Å². The lowest BCUT2D eigenvalue weighted by molar-refractivity contribution is 0.0696. The fraction of sp³-hybridized carbons (Fsp3) is 0.462. The molecule has 0 heterocycles. The SMILES string of the molecule is Cc1cc(C)c(S(=O)(=O)CCCCO)cc1C(=O)O. The molecule has 0 aromatic heterocycles. The number of rotatable bonds is 6. The molecule has 0 atom stereocenters. The van der Waals surface area contributed by atoms with Crippen LogP contribution in [-0.2, 0) is 9.84 Å². The number of aromatic carboxylic acids is 1. The lowest BCUT2D eigenvalue weighted by Gasteiger charge is -2.10. The lowest BCUT2D eigenvalue weighted by atomic mass is 10.1. The number of carboxylic acid groups (broad SMARTS) is 1. The van der Waals surface area contributed by atoms with Crippen molar-refractivity contribution in [3.8, 4) is 0 Å². The Hall–Kier alpha value is -1.40. The van der Waals surface area contributed by atoms with Gasteiger partial charge in [-0.15, -0.1) is 0 Å². The predicted octanol–water partition coefficient (Wildman–Crippen LogP) is 1.55. The van der Waals surface area contributed by atoms with Crippen molar-refractivity contribution in [2.75, 3.05) is 12.4 Å². The van der Waals surface area contributed by atoms with Crippen LogP contribution in [0.5, 0.6) is 0 Å². The number of aliphatic hydroxyl groups excluding tert-OH is 1. The molecule has 0 bridgehead atoms. The van der Waals surface area contributed by atoms with E-state index >= 15 is 0 Å². The fourth-order valence-corrected chi connectivity index (χ4v) is 3.56. The molecule has 0 amide bonds. The third kappa shape index (κ3) is 3.78. The van der Waals surface area contributed by atoms with Crippen LogP contribution in [0.4, 0.5) is 0 Å². The van der Waals surface area contributed by atoms with Crippen LogP contribution < -0.4 is 0 Å². The van der Waals surface area contributed by atoms with Gasteiger partial charge in [-0.1, -0.05) is 6.07 Å². The Morgan fingerprint density at radius 3 is 2.32 bits per heavy atom. The quantitative estimate of drug-likeness (QED) is 0.774. The van der Waals surface area contributed by atoms with Crippen LogP contribution in [0, 0.1) is 13.8 Å². The molecule has 0 unspecified atom stereocenters. The molecule has 0 aliphatic heterocycles. The number of unbranched alkanes of at least 4 members (excludes halogenated alkanes) is 1. The number of sulfone groups is 1. The Bertz CT molecular complexity index is 575. The van der Waals surface area contributed by atoms with Crippen LogP contribution in [0.2, 0.25) is 0 Å². The molecule has 2 N–H and O–H groups in total. The van der Waals surface area contributed by atoms with Crippen LogP contribution in [0.1, 0.15) is 34.3 Å². The number of aryl methyl sites for hydroxylation is 2. The molecule has 0 radical (unpaired) electrons. The highest BCUT2D eigenvalue weighted by molar-refractivity contribution is 7.91. The van der Waals surface area contributed by atoms with E-state index in [0.29, 0.717) is 24.0 Å². The van der Waals surface area contributed by atoms with Crippen LogP contribution >= 0.6 is 0 Å². The molecule has 0 aliphatic carbocycles. The average molecular weight is 286 g/mol. The number of benzene rings is 1. The van der Waals surface area contributed by atoms with Crippen molar-refractivity contribution in [2.24, 2.45) is 0 Å². The van der Waals surface area contributed by atoms with E-state index in [1.165, 1.54) is 6.07 Å². The van der Waals surface area contributed by atoms with Crippen LogP contribution in [0.15, 0.2) is 17.0 Å². The molecule has 6 heteroatoms. The smallest absolute Gasteiger partial charge is 0.335 e. The highest BCUT2D eigenvalue weighted by Gasteiger charge is 2.20. The Morgan fingerprint density at radius 2 is 1.79 bits per heavy atom. The van der Waals surface area contributed by atoms with Crippen molar-refractivity contribution in [3.05, 3.63) is 28.8 Å². The van der Waals surface area contributed by atoms with Gasteiger partial charge in [0.05, 0.1) is 16.2 Å². The first-order valence-electron chi connectivity index (χ1n) is 5.97. The van der Waals surface area contributed by atoms with E-state index in [0.717, 1.165) is 0 Å². The molecule has 0 fully saturated rings. The summed E-state index contributed by atoms with van der Waals surface area (Å²) in [6, 6.07) is 2.80. The molecule has 1 rings (SSSR count). The van der Waals surface area contributed by atoms with Gasteiger partial charge in [0.1, 0.15) is 0 Å². The maximum Gasteiger partial charge on any atom is 0.335 e. The second-order valence-corrected chi connectivity index (χ2v) is 6.56. The highest BCUT2D eigenvalue weighted by Crippen LogP contribution is 2.22. The zero-order valence-electron chi connectivity index (χ0n) is 11.0. The monoisotopic (exact) mass is 286 g/mol. The number of carboxylic acids is 1. The van der Waals surface area contributed by atoms with Gasteiger partial charge in [0.2, 0.25) is 0 Å². The van der Waals surface area contributed by atoms with Gasteiger partial charge in [0, 0.05) is 6.61 Å². The van der Waals surface area contributed by atoms with Gasteiger partial charge in [-0.25, -0.2) is 13.2 Å². The third-order valence-corrected chi connectivity index (χ3v) is 4.84. The van der Waals surface area contributed by atoms with Crippen LogP contribution in [0.3, 0.4) is 0 Å². The van der Waals surface area contributed by atoms with Gasteiger partial charge in [-0.05, 0) is 43.9 Å². The first-order chi connectivity index (χ1) is 8.79. The van der Waals surface area contributed by atoms with E-state index in [-0.39, 0.29) is 22.8 Å². The summed E-state index contributed by atoms with van der Waals surface area (Å²) in [4.78, 5) is 11.1. The average Bonchev–Trinajstić information content (AvgIpc) is 2.28. The summed E-state index contributed by atoms with van der Waals surface area (Å²) < 4.78 is 24.3. The minimum atomic E-state index is -3.51. The summed E-state index contributed by atoms with van der Waals surface area (Å²) >= 11 is 0. The molecule has 1 aromatic rings. The predicted molar refractivity (Wildman–Crippen MR) is 71.2 cm³/mol. The highest BCUT2D eigenvalue weighted by atomic mass is 32.2. The van der Waals surface area contributed by atoms with E-state index in [1.807, 2.05) is 0 Å². The topological polar surface area (TPSA) is 91.7 Å². The Balaban J connectivity index is 3.19. The van der Waals surface area contributed by atoms with Crippen molar-refractivity contribution in [3.63, 3.8) is 0 Å². The van der Waals surface area contributed by atoms with Gasteiger partial charge >= 0.3 is 5.97 Å². The van der Waals surface area contributed by atoms with Crippen molar-refractivity contribution < 1.29 is 23.4 Å². The zero-order valence-corrected chi connectivity index (χ0v) is 11.8. The van der Waals surface area contributed by atoms with E-state index in [2.05, 4.69) is 0 Å². The summed E-state index contributed by atoms with van der Waals surface area (Å²) in [5.41, 5.74) is 1.09. The van der Waals surface area contributed by atoms with Gasteiger partial charge in [-0.2, -0.15) is 0 Å². The maximum atomic E-state index is 12.1. The number of hydrogen-bond donors (Lipinski definition) is 2. The summed E-state index contributed by atoms with van der Waals surface area (Å²) in [7, 11) is -3.51. The van der Waals surface area contributed by atoms with Gasteiger partial charge in [0.15, 0.2) is 9.84 Å². The summed E-state index contributed by atoms with van der Waals surface area (Å²) in [6.45, 7) is 3.24. The molecule has 106 valence electrons. The fourth-order valence-electron chi connectivity index (χ4n) is 1.91. The summed E-state index contributed by atoms with van der Waals surface area (Å²) in [5.74, 6) is -1.22. The molecule has 0 saturated carbocycles. The van der Waals surface area contributed by atoms with E-state index in [1.54, 1.807) is 19.9 Å². The molecule has 19 heavy (non-hydrogen) atoms. The first kappa shape index (κ1) is 15.7. The number of aliphatic hydroxyl groups is 1. The molecule has 5 nitrogen and oxygen atoms in total. The van der Waals surface area contributed by atoms with E-state index in [9.17, 15) is 13.2 Å². The van der Waals surface area contributed by atoms with Crippen molar-refractivity contribution >= 4 is 15.8 Å². The molecule has 0 aliphatic rings. The minimum absolute atomic E-state index is 0.00586. The third-order valence-electron chi connectivity index (χ3n) is 2.91. The second-order valence-electron chi connectivity index (χ2n) is 4.49. The van der Waals surface area contributed by atoms with Crippen LogP contribution in [-0.4, -0.2) is 37.0 Å². The van der Waals surface area contributed by atoms with E-state index in [4.69, 9.17) is 10.2 Å². The Kier molecular flexibility index (Phi) is 5.08. The normalized spacial score (nSPS) is 11.5. The second kappa shape index (κ2) is 6.16. The maximum absolute atomic E-state index is 12.1. The standard InChI is InChI=1S/C13H18O5S/c1-9-7-10(2)12(8-11(9)13(15)16)19(17,18)6-4-3-5-14/h7-8,14H,3-6H2,1-2H3,(H,15,16). The molecule has 0 spiro atoms. The van der Waals surface area contributed by atoms with Crippen molar-refractivity contribution in [1.82, 2.24) is 0 Å². The van der Waals surface area contributed by atoms with Gasteiger partial charge in [-0.3, -0.25) is 0 Å². The largest absolute Gasteiger partial charge is 0.478 e. The summed E-state index contributed by atoms with van der Waals surface area (Å²) in [5, 5.41) is 17.7. The van der Waals surface area contributed by atoms with Crippen molar-refractivity contribution in [1.29, 1.82) is 0 Å². The first-order valence-corrected chi connectivity index (χ1v) is 7.63. The number of carbonyl (C=O) groups is 1. The van der Waals surface area contributed by atoms with Gasteiger partial charge < -0.3 is 10.2 Å². The summed E-state index contributed by atoms with van der Waals surface area (Å²) in [6.07, 6.45) is 0.768. The zero-order chi connectivity index (χ0) is 14.6. The molecular formula is C13H18O5S. The van der Waals surface area contributed by atoms with Crippen LogP contribution in [0.25, 0.3) is 0 Å². The minimum Gasteiger partial charge on any atom is -0.478 e. The molecular weight excluding hydrogens is 268 g/mol. The van der Waals surface area contributed by atoms with E-state index < -0.39 is 15.8 Å². The Labute approximate surface area is 112 Å². The molecule has 1 aromatic carbocycles. The number of hydrogen-bond acceptors (Lipinski definition) is 4. The lowest BCUT2D eigenvalue weighted by Crippen LogP contribution is -2.11. The van der Waals surface area contributed by atoms with Gasteiger partial charge in [0.25, 0.3) is 0 Å². The Morgan fingerprint density at radius 1 is 1.16 bits per heavy atom.